The van der Waals surface area contributed by atoms with Gasteiger partial charge in [-0.2, -0.15) is 10.2 Å². The molecule has 1 heterocycles. The number of hydrogen-bond donors (Lipinski definition) is 2. The van der Waals surface area contributed by atoms with Gasteiger partial charge in [-0.15, -0.1) is 5.11 Å². The van der Waals surface area contributed by atoms with Crippen LogP contribution in [0.5, 0.6) is 17.2 Å². The lowest BCUT2D eigenvalue weighted by Crippen LogP contribution is -1.95. The highest BCUT2D eigenvalue weighted by atomic mass is 16.5. The standard InChI is InChI=1S/C18H19N5O3/c1-24-13-9-11(10-14(25-2)17(13)26-3)15-16(18(19)23-21-15)22-20-12-7-5-4-6-8-12/h4-10H,1-3H3,(H3,19,21,23). The average molecular weight is 353 g/mol. The second kappa shape index (κ2) is 7.56. The molecule has 8 nitrogen and oxygen atoms in total. The fourth-order valence-electron chi connectivity index (χ4n) is 2.48. The predicted octanol–water partition coefficient (Wildman–Crippen LogP) is 4.10. The Morgan fingerprint density at radius 2 is 1.58 bits per heavy atom. The molecule has 0 aliphatic rings. The molecule has 0 aliphatic heterocycles. The summed E-state index contributed by atoms with van der Waals surface area (Å²) >= 11 is 0. The van der Waals surface area contributed by atoms with Crippen LogP contribution in [0.25, 0.3) is 11.3 Å². The third kappa shape index (κ3) is 3.30. The Bertz CT molecular complexity index is 897. The number of H-pyrrole nitrogens is 1. The summed E-state index contributed by atoms with van der Waals surface area (Å²) in [5, 5.41) is 15.4. The predicted molar refractivity (Wildman–Crippen MR) is 98.7 cm³/mol. The molecule has 3 aromatic rings. The zero-order chi connectivity index (χ0) is 18.5. The van der Waals surface area contributed by atoms with Gasteiger partial charge in [-0.25, -0.2) is 0 Å². The van der Waals surface area contributed by atoms with E-state index in [0.717, 1.165) is 5.56 Å². The summed E-state index contributed by atoms with van der Waals surface area (Å²) in [7, 11) is 4.66. The number of nitrogen functional groups attached to an aromatic ring is 1. The molecule has 3 N–H and O–H groups in total. The van der Waals surface area contributed by atoms with E-state index < -0.39 is 0 Å². The smallest absolute Gasteiger partial charge is 0.203 e. The molecule has 0 radical (unpaired) electrons. The monoisotopic (exact) mass is 353 g/mol. The molecular weight excluding hydrogens is 334 g/mol. The highest BCUT2D eigenvalue weighted by molar-refractivity contribution is 5.81. The highest BCUT2D eigenvalue weighted by Crippen LogP contribution is 2.43. The van der Waals surface area contributed by atoms with Gasteiger partial charge in [0, 0.05) is 5.56 Å². The number of nitrogens with two attached hydrogens (primary N) is 1. The highest BCUT2D eigenvalue weighted by Gasteiger charge is 2.19. The van der Waals surface area contributed by atoms with Gasteiger partial charge in [-0.1, -0.05) is 18.2 Å². The van der Waals surface area contributed by atoms with E-state index in [-0.39, 0.29) is 5.82 Å². The zero-order valence-electron chi connectivity index (χ0n) is 14.7. The number of nitrogens with zero attached hydrogens (tertiary/aromatic N) is 3. The molecule has 0 bridgehead atoms. The van der Waals surface area contributed by atoms with Gasteiger partial charge in [0.25, 0.3) is 0 Å². The number of methoxy groups -OCH3 is 3. The second-order valence-corrected chi connectivity index (χ2v) is 5.28. The molecule has 0 unspecified atom stereocenters. The van der Waals surface area contributed by atoms with Crippen LogP contribution in [0.4, 0.5) is 17.2 Å². The van der Waals surface area contributed by atoms with Crippen LogP contribution in [0, 0.1) is 0 Å². The molecule has 2 aromatic carbocycles. The first-order valence-corrected chi connectivity index (χ1v) is 7.79. The van der Waals surface area contributed by atoms with Crippen LogP contribution in [-0.4, -0.2) is 31.5 Å². The largest absolute Gasteiger partial charge is 0.493 e. The maximum atomic E-state index is 5.96. The van der Waals surface area contributed by atoms with Crippen LogP contribution < -0.4 is 19.9 Å². The number of hydrogen-bond acceptors (Lipinski definition) is 7. The summed E-state index contributed by atoms with van der Waals surface area (Å²) in [6.45, 7) is 0. The van der Waals surface area contributed by atoms with Crippen molar-refractivity contribution in [2.75, 3.05) is 27.1 Å². The maximum absolute atomic E-state index is 5.96. The minimum absolute atomic E-state index is 0.244. The van der Waals surface area contributed by atoms with Crippen molar-refractivity contribution in [3.8, 4) is 28.5 Å². The van der Waals surface area contributed by atoms with Crippen molar-refractivity contribution < 1.29 is 14.2 Å². The molecule has 0 spiro atoms. The van der Waals surface area contributed by atoms with Crippen LogP contribution >= 0.6 is 0 Å². The van der Waals surface area contributed by atoms with E-state index >= 15 is 0 Å². The summed E-state index contributed by atoms with van der Waals surface area (Å²) in [5.74, 6) is 1.77. The van der Waals surface area contributed by atoms with Gasteiger partial charge in [0.15, 0.2) is 23.0 Å². The summed E-state index contributed by atoms with van der Waals surface area (Å²) < 4.78 is 16.1. The molecule has 134 valence electrons. The summed E-state index contributed by atoms with van der Waals surface area (Å²) in [4.78, 5) is 0. The molecule has 3 rings (SSSR count). The van der Waals surface area contributed by atoms with Gasteiger partial charge in [0.05, 0.1) is 32.7 Å². The van der Waals surface area contributed by atoms with Crippen LogP contribution in [0.15, 0.2) is 52.7 Å². The number of aromatic amines is 1. The summed E-state index contributed by atoms with van der Waals surface area (Å²) in [6, 6.07) is 12.9. The minimum Gasteiger partial charge on any atom is -0.493 e. The number of rotatable bonds is 6. The van der Waals surface area contributed by atoms with Crippen molar-refractivity contribution in [1.29, 1.82) is 0 Å². The first kappa shape index (κ1) is 17.3. The fourth-order valence-corrected chi connectivity index (χ4v) is 2.48. The lowest BCUT2D eigenvalue weighted by Gasteiger charge is -2.13. The van der Waals surface area contributed by atoms with E-state index in [9.17, 15) is 0 Å². The van der Waals surface area contributed by atoms with Crippen LogP contribution in [0.2, 0.25) is 0 Å². The second-order valence-electron chi connectivity index (χ2n) is 5.28. The molecule has 8 heteroatoms. The third-order valence-corrected chi connectivity index (χ3v) is 3.74. The van der Waals surface area contributed by atoms with Gasteiger partial charge < -0.3 is 19.9 Å². The van der Waals surface area contributed by atoms with Gasteiger partial charge in [0.1, 0.15) is 0 Å². The zero-order valence-corrected chi connectivity index (χ0v) is 14.7. The molecular formula is C18H19N5O3. The van der Waals surface area contributed by atoms with Crippen molar-refractivity contribution in [1.82, 2.24) is 10.2 Å². The van der Waals surface area contributed by atoms with Crippen molar-refractivity contribution in [2.45, 2.75) is 0 Å². The van der Waals surface area contributed by atoms with Gasteiger partial charge >= 0.3 is 0 Å². The SMILES string of the molecule is COc1cc(-c2[nH]nc(N)c2N=Nc2ccccc2)cc(OC)c1OC. The number of benzene rings is 2. The normalized spacial score (nSPS) is 10.9. The van der Waals surface area contributed by atoms with Crippen molar-refractivity contribution in [3.63, 3.8) is 0 Å². The van der Waals surface area contributed by atoms with Crippen LogP contribution in [0.1, 0.15) is 0 Å². The number of azo groups is 1. The van der Waals surface area contributed by atoms with E-state index in [1.807, 2.05) is 30.3 Å². The first-order valence-electron chi connectivity index (χ1n) is 7.79. The molecule has 0 amide bonds. The molecule has 0 atom stereocenters. The molecule has 0 fully saturated rings. The van der Waals surface area contributed by atoms with E-state index in [1.165, 1.54) is 0 Å². The topological polar surface area (TPSA) is 107 Å². The Morgan fingerprint density at radius 1 is 0.923 bits per heavy atom. The van der Waals surface area contributed by atoms with Crippen LogP contribution in [0.3, 0.4) is 0 Å². The molecule has 0 saturated heterocycles. The number of ether oxygens (including phenoxy) is 3. The Labute approximate surface area is 150 Å². The number of nitrogens with one attached hydrogen (secondary N) is 1. The lowest BCUT2D eigenvalue weighted by atomic mass is 10.1. The summed E-state index contributed by atoms with van der Waals surface area (Å²) in [6.07, 6.45) is 0. The molecule has 0 aliphatic carbocycles. The van der Waals surface area contributed by atoms with Crippen molar-refractivity contribution in [3.05, 3.63) is 42.5 Å². The molecule has 26 heavy (non-hydrogen) atoms. The number of anilines is 1. The Balaban J connectivity index is 2.07. The quantitative estimate of drug-likeness (QED) is 0.649. The van der Waals surface area contributed by atoms with Gasteiger partial charge in [-0.05, 0) is 24.3 Å². The number of aromatic nitrogens is 2. The van der Waals surface area contributed by atoms with Gasteiger partial charge in [0.2, 0.25) is 5.75 Å². The first-order chi connectivity index (χ1) is 12.7. The molecule has 1 aromatic heterocycles. The average Bonchev–Trinajstić information content (AvgIpc) is 3.06. The molecule has 0 saturated carbocycles. The Kier molecular flexibility index (Phi) is 5.02. The summed E-state index contributed by atoms with van der Waals surface area (Å²) in [5.41, 5.74) is 8.43. The fraction of sp³-hybridized carbons (Fsp3) is 0.167. The third-order valence-electron chi connectivity index (χ3n) is 3.74. The van der Waals surface area contributed by atoms with Crippen molar-refractivity contribution >= 4 is 17.2 Å². The Morgan fingerprint density at radius 3 is 2.15 bits per heavy atom. The minimum atomic E-state index is 0.244. The lowest BCUT2D eigenvalue weighted by molar-refractivity contribution is 0.324. The van der Waals surface area contributed by atoms with E-state index in [4.69, 9.17) is 19.9 Å². The van der Waals surface area contributed by atoms with E-state index in [1.54, 1.807) is 33.5 Å². The Hall–Kier alpha value is -3.55. The van der Waals surface area contributed by atoms with Gasteiger partial charge in [-0.3, -0.25) is 5.10 Å². The van der Waals surface area contributed by atoms with E-state index in [0.29, 0.717) is 34.3 Å². The van der Waals surface area contributed by atoms with E-state index in [2.05, 4.69) is 20.4 Å². The van der Waals surface area contributed by atoms with Crippen molar-refractivity contribution in [2.24, 2.45) is 10.2 Å². The van der Waals surface area contributed by atoms with Crippen LogP contribution in [-0.2, 0) is 0 Å². The maximum Gasteiger partial charge on any atom is 0.203 e.